The SMILES string of the molecule is CCCOc1c(I)cc(/C=c2/sc3n(c2=O)[C@H](c2ccc(OCC)cc2)C(C(=O)OCC)=C(C)N=3)cc1OCC. The molecule has 0 saturated heterocycles. The van der Waals surface area contributed by atoms with Crippen LogP contribution in [-0.2, 0) is 9.53 Å². The molecule has 0 amide bonds. The zero-order valence-corrected chi connectivity index (χ0v) is 26.3. The molecular weight excluding hydrogens is 643 g/mol. The lowest BCUT2D eigenvalue weighted by atomic mass is 9.96. The number of rotatable bonds is 11. The number of carbonyl (C=O) groups excluding carboxylic acids is 1. The lowest BCUT2D eigenvalue weighted by Crippen LogP contribution is -2.39. The Labute approximate surface area is 251 Å². The zero-order valence-electron chi connectivity index (χ0n) is 23.3. The molecule has 0 bridgehead atoms. The van der Waals surface area contributed by atoms with Gasteiger partial charge in [-0.05, 0) is 98.2 Å². The molecule has 2 heterocycles. The van der Waals surface area contributed by atoms with E-state index in [1.54, 1.807) is 18.4 Å². The molecule has 0 saturated carbocycles. The smallest absolute Gasteiger partial charge is 0.338 e. The Balaban J connectivity index is 1.87. The van der Waals surface area contributed by atoms with Crippen molar-refractivity contribution >= 4 is 46.0 Å². The van der Waals surface area contributed by atoms with Gasteiger partial charge in [0.2, 0.25) is 0 Å². The molecule has 0 fully saturated rings. The minimum atomic E-state index is -0.683. The second-order valence-electron chi connectivity index (χ2n) is 8.92. The number of fused-ring (bicyclic) bond motifs is 1. The molecule has 0 unspecified atom stereocenters. The Morgan fingerprint density at radius 2 is 1.77 bits per heavy atom. The molecule has 1 aliphatic heterocycles. The number of halogens is 1. The molecule has 4 rings (SSSR count). The minimum Gasteiger partial charge on any atom is -0.494 e. The third-order valence-corrected chi connectivity index (χ3v) is 7.89. The minimum absolute atomic E-state index is 0.217. The van der Waals surface area contributed by atoms with Gasteiger partial charge < -0.3 is 18.9 Å². The van der Waals surface area contributed by atoms with Crippen LogP contribution in [0.15, 0.2) is 57.5 Å². The predicted octanol–water partition coefficient (Wildman–Crippen LogP) is 4.99. The van der Waals surface area contributed by atoms with Crippen molar-refractivity contribution in [1.29, 1.82) is 0 Å². The number of ether oxygens (including phenoxy) is 4. The summed E-state index contributed by atoms with van der Waals surface area (Å²) < 4.78 is 25.8. The Bertz CT molecular complexity index is 1590. The van der Waals surface area contributed by atoms with Crippen LogP contribution in [0.3, 0.4) is 0 Å². The highest BCUT2D eigenvalue weighted by molar-refractivity contribution is 14.1. The van der Waals surface area contributed by atoms with E-state index in [2.05, 4.69) is 34.5 Å². The van der Waals surface area contributed by atoms with Crippen LogP contribution in [0, 0.1) is 3.57 Å². The number of hydrogen-bond acceptors (Lipinski definition) is 8. The number of aromatic nitrogens is 1. The Morgan fingerprint density at radius 1 is 1.05 bits per heavy atom. The molecule has 3 aromatic rings. The number of hydrogen-bond donors (Lipinski definition) is 0. The topological polar surface area (TPSA) is 88.4 Å². The van der Waals surface area contributed by atoms with Gasteiger partial charge in [-0.25, -0.2) is 9.79 Å². The maximum Gasteiger partial charge on any atom is 0.338 e. The summed E-state index contributed by atoms with van der Waals surface area (Å²) >= 11 is 3.51. The number of nitrogens with zero attached hydrogens (tertiary/aromatic N) is 2. The third-order valence-electron chi connectivity index (χ3n) is 6.10. The van der Waals surface area contributed by atoms with E-state index >= 15 is 0 Å². The van der Waals surface area contributed by atoms with Crippen LogP contribution in [0.5, 0.6) is 17.2 Å². The predicted molar refractivity (Wildman–Crippen MR) is 164 cm³/mol. The maximum absolute atomic E-state index is 13.9. The molecule has 0 spiro atoms. The van der Waals surface area contributed by atoms with Crippen molar-refractivity contribution in [1.82, 2.24) is 4.57 Å². The first kappa shape index (κ1) is 29.9. The number of thiazole rings is 1. The monoisotopic (exact) mass is 676 g/mol. The summed E-state index contributed by atoms with van der Waals surface area (Å²) in [5.74, 6) is 1.56. The van der Waals surface area contributed by atoms with E-state index < -0.39 is 12.0 Å². The fourth-order valence-corrected chi connectivity index (χ4v) is 6.28. The molecule has 10 heteroatoms. The standard InChI is InChI=1S/C30H33IN2O6S/c1-6-14-39-27-22(31)15-19(16-23(27)37-8-3)17-24-28(34)33-26(20-10-12-21(13-11-20)36-7-2)25(29(35)38-9-4)18(5)32-30(33)40-24/h10-13,15-17,26H,6-9,14H2,1-5H3/b24-17+/t26-/m1/s1. The van der Waals surface area contributed by atoms with E-state index in [1.165, 1.54) is 11.3 Å². The van der Waals surface area contributed by atoms with Crippen LogP contribution < -0.4 is 29.1 Å². The molecule has 40 heavy (non-hydrogen) atoms. The summed E-state index contributed by atoms with van der Waals surface area (Å²) in [7, 11) is 0. The molecule has 8 nitrogen and oxygen atoms in total. The van der Waals surface area contributed by atoms with Crippen LogP contribution in [-0.4, -0.2) is 37.0 Å². The normalized spacial score (nSPS) is 14.9. The molecule has 1 aromatic heterocycles. The van der Waals surface area contributed by atoms with Crippen LogP contribution >= 0.6 is 33.9 Å². The van der Waals surface area contributed by atoms with Gasteiger partial charge in [0.1, 0.15) is 5.75 Å². The third kappa shape index (κ3) is 6.27. The van der Waals surface area contributed by atoms with E-state index in [4.69, 9.17) is 18.9 Å². The Hall–Kier alpha value is -3.12. The van der Waals surface area contributed by atoms with Crippen LogP contribution in [0.2, 0.25) is 0 Å². The molecule has 0 radical (unpaired) electrons. The van der Waals surface area contributed by atoms with E-state index in [-0.39, 0.29) is 12.2 Å². The van der Waals surface area contributed by atoms with Crippen molar-refractivity contribution in [2.24, 2.45) is 4.99 Å². The summed E-state index contributed by atoms with van der Waals surface area (Å²) in [6.45, 7) is 11.3. The highest BCUT2D eigenvalue weighted by Gasteiger charge is 2.33. The van der Waals surface area contributed by atoms with Gasteiger partial charge in [-0.2, -0.15) is 0 Å². The first-order chi connectivity index (χ1) is 19.3. The number of esters is 1. The van der Waals surface area contributed by atoms with E-state index in [0.29, 0.717) is 57.7 Å². The summed E-state index contributed by atoms with van der Waals surface area (Å²) in [6.07, 6.45) is 2.71. The van der Waals surface area contributed by atoms with Crippen LogP contribution in [0.25, 0.3) is 6.08 Å². The average Bonchev–Trinajstić information content (AvgIpc) is 3.22. The number of allylic oxidation sites excluding steroid dienone is 1. The molecule has 2 aromatic carbocycles. The Morgan fingerprint density at radius 3 is 2.42 bits per heavy atom. The van der Waals surface area contributed by atoms with Crippen molar-refractivity contribution in [3.05, 3.63) is 82.1 Å². The van der Waals surface area contributed by atoms with Gasteiger partial charge in [-0.15, -0.1) is 0 Å². The molecule has 1 atom stereocenters. The first-order valence-corrected chi connectivity index (χ1v) is 15.2. The van der Waals surface area contributed by atoms with Gasteiger partial charge in [0.05, 0.1) is 51.8 Å². The highest BCUT2D eigenvalue weighted by Crippen LogP contribution is 2.35. The van der Waals surface area contributed by atoms with Gasteiger partial charge in [-0.3, -0.25) is 9.36 Å². The number of carbonyl (C=O) groups is 1. The molecule has 0 N–H and O–H groups in total. The first-order valence-electron chi connectivity index (χ1n) is 13.3. The number of benzene rings is 2. The van der Waals surface area contributed by atoms with Crippen molar-refractivity contribution in [2.45, 2.75) is 47.1 Å². The summed E-state index contributed by atoms with van der Waals surface area (Å²) in [4.78, 5) is 32.2. The maximum atomic E-state index is 13.9. The van der Waals surface area contributed by atoms with E-state index in [1.807, 2.05) is 56.3 Å². The molecule has 212 valence electrons. The van der Waals surface area contributed by atoms with E-state index in [0.717, 1.165) is 21.1 Å². The van der Waals surface area contributed by atoms with E-state index in [9.17, 15) is 9.59 Å². The fourth-order valence-electron chi connectivity index (χ4n) is 4.45. The van der Waals surface area contributed by atoms with Crippen LogP contribution in [0.1, 0.15) is 58.2 Å². The Kier molecular flexibility index (Phi) is 10.1. The zero-order chi connectivity index (χ0) is 28.8. The highest BCUT2D eigenvalue weighted by atomic mass is 127. The molecule has 1 aliphatic rings. The van der Waals surface area contributed by atoms with Crippen molar-refractivity contribution in [2.75, 3.05) is 26.4 Å². The fraction of sp³-hybridized carbons (Fsp3) is 0.367. The largest absolute Gasteiger partial charge is 0.494 e. The van der Waals surface area contributed by atoms with Crippen molar-refractivity contribution < 1.29 is 23.7 Å². The van der Waals surface area contributed by atoms with Gasteiger partial charge in [-0.1, -0.05) is 30.4 Å². The lowest BCUT2D eigenvalue weighted by Gasteiger charge is -2.24. The average molecular weight is 677 g/mol. The molecule has 0 aliphatic carbocycles. The van der Waals surface area contributed by atoms with Gasteiger partial charge in [0, 0.05) is 0 Å². The summed E-state index contributed by atoms with van der Waals surface area (Å²) in [5.41, 5.74) is 2.20. The lowest BCUT2D eigenvalue weighted by molar-refractivity contribution is -0.139. The van der Waals surface area contributed by atoms with Gasteiger partial charge in [0.15, 0.2) is 16.3 Å². The van der Waals surface area contributed by atoms with Crippen molar-refractivity contribution in [3.8, 4) is 17.2 Å². The second kappa shape index (κ2) is 13.5. The van der Waals surface area contributed by atoms with Gasteiger partial charge >= 0.3 is 5.97 Å². The quantitative estimate of drug-likeness (QED) is 0.210. The molecular formula is C30H33IN2O6S. The summed E-state index contributed by atoms with van der Waals surface area (Å²) in [5, 5.41) is 0. The van der Waals surface area contributed by atoms with Gasteiger partial charge in [0.25, 0.3) is 5.56 Å². The second-order valence-corrected chi connectivity index (χ2v) is 11.1. The van der Waals surface area contributed by atoms with Crippen LogP contribution in [0.4, 0.5) is 0 Å². The summed E-state index contributed by atoms with van der Waals surface area (Å²) in [6, 6.07) is 10.6. The van der Waals surface area contributed by atoms with Crippen molar-refractivity contribution in [3.63, 3.8) is 0 Å².